The fourth-order valence-corrected chi connectivity index (χ4v) is 3.43. The molecule has 6 heteroatoms. The number of ether oxygens (including phenoxy) is 1. The first-order valence-corrected chi connectivity index (χ1v) is 9.43. The number of urea groups is 1. The topological polar surface area (TPSA) is 57.7 Å². The Morgan fingerprint density at radius 3 is 2.63 bits per heavy atom. The monoisotopic (exact) mass is 368 g/mol. The number of carbonyl (C=O) groups is 1. The number of nitrogens with zero attached hydrogens (tertiary/aromatic N) is 3. The molecule has 0 unspecified atom stereocenters. The van der Waals surface area contributed by atoms with Crippen molar-refractivity contribution in [3.05, 3.63) is 53.9 Å². The maximum atomic E-state index is 12.7. The number of hydrogen-bond donors (Lipinski definition) is 1. The van der Waals surface area contributed by atoms with Gasteiger partial charge in [-0.25, -0.2) is 4.79 Å². The van der Waals surface area contributed by atoms with Crippen molar-refractivity contribution < 1.29 is 9.53 Å². The molecule has 3 rings (SSSR count). The molecule has 1 aliphatic rings. The van der Waals surface area contributed by atoms with Crippen LogP contribution in [0, 0.1) is 6.92 Å². The molecule has 1 N–H and O–H groups in total. The van der Waals surface area contributed by atoms with Crippen molar-refractivity contribution in [3.63, 3.8) is 0 Å². The Hall–Kier alpha value is -2.76. The van der Waals surface area contributed by atoms with E-state index in [2.05, 4.69) is 28.2 Å². The molecule has 1 aromatic carbocycles. The highest BCUT2D eigenvalue weighted by atomic mass is 16.5. The van der Waals surface area contributed by atoms with Crippen molar-refractivity contribution in [1.82, 2.24) is 15.2 Å². The van der Waals surface area contributed by atoms with Crippen LogP contribution in [0.15, 0.2) is 42.7 Å². The molecule has 0 bridgehead atoms. The van der Waals surface area contributed by atoms with Gasteiger partial charge in [0.2, 0.25) is 0 Å². The number of benzene rings is 1. The molecule has 1 saturated heterocycles. The Labute approximate surface area is 161 Å². The van der Waals surface area contributed by atoms with Gasteiger partial charge in [0.25, 0.3) is 0 Å². The third-order valence-electron chi connectivity index (χ3n) is 5.07. The standard InChI is InChI=1S/C21H28N4O2/c1-16-15-22-10-9-20(16)24-11-4-12-25(14-13-24)21(26)23-17(2)18-5-7-19(27-3)8-6-18/h5-10,15,17H,4,11-14H2,1-3H3,(H,23,26)/t17-/m1/s1. The van der Waals surface area contributed by atoms with Crippen LogP contribution < -0.4 is 15.0 Å². The minimum atomic E-state index is -0.0507. The lowest BCUT2D eigenvalue weighted by Crippen LogP contribution is -2.43. The van der Waals surface area contributed by atoms with Crippen LogP contribution in [0.25, 0.3) is 0 Å². The van der Waals surface area contributed by atoms with Crippen molar-refractivity contribution in [3.8, 4) is 5.75 Å². The normalized spacial score (nSPS) is 15.8. The van der Waals surface area contributed by atoms with Crippen molar-refractivity contribution in [2.75, 3.05) is 38.2 Å². The maximum absolute atomic E-state index is 12.7. The number of aryl methyl sites for hydroxylation is 1. The average Bonchev–Trinajstić information content (AvgIpc) is 2.94. The maximum Gasteiger partial charge on any atom is 0.317 e. The molecule has 1 aliphatic heterocycles. The molecule has 0 saturated carbocycles. The van der Waals surface area contributed by atoms with Crippen LogP contribution >= 0.6 is 0 Å². The van der Waals surface area contributed by atoms with Crippen LogP contribution in [0.4, 0.5) is 10.5 Å². The molecular formula is C21H28N4O2. The molecule has 2 heterocycles. The fourth-order valence-electron chi connectivity index (χ4n) is 3.43. The van der Waals surface area contributed by atoms with Gasteiger partial charge in [-0.15, -0.1) is 0 Å². The highest BCUT2D eigenvalue weighted by molar-refractivity contribution is 5.75. The van der Waals surface area contributed by atoms with Crippen molar-refractivity contribution >= 4 is 11.7 Å². The number of nitrogens with one attached hydrogen (secondary N) is 1. The summed E-state index contributed by atoms with van der Waals surface area (Å²) in [6.07, 6.45) is 4.67. The van der Waals surface area contributed by atoms with E-state index in [9.17, 15) is 4.79 Å². The largest absolute Gasteiger partial charge is 0.497 e. The third kappa shape index (κ3) is 4.70. The van der Waals surface area contributed by atoms with Crippen LogP contribution in [-0.2, 0) is 0 Å². The van der Waals surface area contributed by atoms with E-state index in [1.807, 2.05) is 48.5 Å². The zero-order chi connectivity index (χ0) is 19.2. The number of hydrogen-bond acceptors (Lipinski definition) is 4. The summed E-state index contributed by atoms with van der Waals surface area (Å²) >= 11 is 0. The summed E-state index contributed by atoms with van der Waals surface area (Å²) in [5.74, 6) is 0.816. The van der Waals surface area contributed by atoms with Crippen molar-refractivity contribution in [2.45, 2.75) is 26.3 Å². The Morgan fingerprint density at radius 1 is 1.15 bits per heavy atom. The highest BCUT2D eigenvalue weighted by Crippen LogP contribution is 2.21. The fraction of sp³-hybridized carbons (Fsp3) is 0.429. The summed E-state index contributed by atoms with van der Waals surface area (Å²) in [6, 6.07) is 9.80. The number of rotatable bonds is 4. The molecule has 0 aliphatic carbocycles. The molecule has 0 radical (unpaired) electrons. The number of pyridine rings is 1. The van der Waals surface area contributed by atoms with Gasteiger partial charge >= 0.3 is 6.03 Å². The van der Waals surface area contributed by atoms with Crippen molar-refractivity contribution in [1.29, 1.82) is 0 Å². The molecule has 1 fully saturated rings. The van der Waals surface area contributed by atoms with E-state index in [0.717, 1.165) is 37.4 Å². The average molecular weight is 368 g/mol. The van der Waals surface area contributed by atoms with E-state index >= 15 is 0 Å². The second-order valence-electron chi connectivity index (χ2n) is 6.93. The highest BCUT2D eigenvalue weighted by Gasteiger charge is 2.21. The molecular weight excluding hydrogens is 340 g/mol. The quantitative estimate of drug-likeness (QED) is 0.899. The van der Waals surface area contributed by atoms with Gasteiger partial charge in [-0.3, -0.25) is 4.98 Å². The van der Waals surface area contributed by atoms with E-state index in [0.29, 0.717) is 6.54 Å². The predicted molar refractivity (Wildman–Crippen MR) is 107 cm³/mol. The number of aromatic nitrogens is 1. The summed E-state index contributed by atoms with van der Waals surface area (Å²) in [4.78, 5) is 21.2. The van der Waals surface area contributed by atoms with E-state index < -0.39 is 0 Å². The number of carbonyl (C=O) groups excluding carboxylic acids is 1. The zero-order valence-electron chi connectivity index (χ0n) is 16.3. The smallest absolute Gasteiger partial charge is 0.317 e. The van der Waals surface area contributed by atoms with Gasteiger partial charge in [-0.05, 0) is 49.6 Å². The van der Waals surface area contributed by atoms with Gasteiger partial charge in [0, 0.05) is 44.3 Å². The third-order valence-corrected chi connectivity index (χ3v) is 5.07. The summed E-state index contributed by atoms with van der Waals surface area (Å²) in [6.45, 7) is 7.33. The Morgan fingerprint density at radius 2 is 1.93 bits per heavy atom. The zero-order valence-corrected chi connectivity index (χ0v) is 16.3. The molecule has 27 heavy (non-hydrogen) atoms. The van der Waals surface area contributed by atoms with Gasteiger partial charge < -0.3 is 19.9 Å². The van der Waals surface area contributed by atoms with Crippen LogP contribution in [0.3, 0.4) is 0 Å². The Kier molecular flexibility index (Phi) is 6.16. The Balaban J connectivity index is 1.58. The lowest BCUT2D eigenvalue weighted by molar-refractivity contribution is 0.198. The second-order valence-corrected chi connectivity index (χ2v) is 6.93. The molecule has 2 amide bonds. The van der Waals surface area contributed by atoms with Gasteiger partial charge in [-0.2, -0.15) is 0 Å². The van der Waals surface area contributed by atoms with E-state index in [-0.39, 0.29) is 12.1 Å². The minimum absolute atomic E-state index is 0.00776. The summed E-state index contributed by atoms with van der Waals surface area (Å²) in [7, 11) is 1.65. The molecule has 0 spiro atoms. The molecule has 6 nitrogen and oxygen atoms in total. The number of anilines is 1. The molecule has 1 atom stereocenters. The SMILES string of the molecule is COc1ccc([C@@H](C)NC(=O)N2CCCN(c3ccncc3C)CC2)cc1. The van der Waals surface area contributed by atoms with E-state index in [1.165, 1.54) is 11.3 Å². The van der Waals surface area contributed by atoms with Crippen LogP contribution in [-0.4, -0.2) is 49.2 Å². The number of methoxy groups -OCH3 is 1. The van der Waals surface area contributed by atoms with E-state index in [4.69, 9.17) is 4.74 Å². The lowest BCUT2D eigenvalue weighted by Gasteiger charge is -2.26. The van der Waals surface area contributed by atoms with E-state index in [1.54, 1.807) is 7.11 Å². The second kappa shape index (κ2) is 8.75. The predicted octanol–water partition coefficient (Wildman–Crippen LogP) is 3.38. The first kappa shape index (κ1) is 19.0. The number of amides is 2. The summed E-state index contributed by atoms with van der Waals surface area (Å²) < 4.78 is 5.19. The molecule has 144 valence electrons. The van der Waals surface area contributed by atoms with Crippen molar-refractivity contribution in [2.24, 2.45) is 0 Å². The Bertz CT molecular complexity index is 763. The van der Waals surface area contributed by atoms with Gasteiger partial charge in [0.15, 0.2) is 0 Å². The van der Waals surface area contributed by atoms with Gasteiger partial charge in [0.05, 0.1) is 13.2 Å². The van der Waals surface area contributed by atoms with Crippen LogP contribution in [0.2, 0.25) is 0 Å². The first-order valence-electron chi connectivity index (χ1n) is 9.43. The van der Waals surface area contributed by atoms with Gasteiger partial charge in [0.1, 0.15) is 5.75 Å². The summed E-state index contributed by atoms with van der Waals surface area (Å²) in [5.41, 5.74) is 3.44. The van der Waals surface area contributed by atoms with Crippen LogP contribution in [0.5, 0.6) is 5.75 Å². The first-order chi connectivity index (χ1) is 13.1. The summed E-state index contributed by atoms with van der Waals surface area (Å²) in [5, 5.41) is 3.11. The molecule has 2 aromatic rings. The molecule has 1 aromatic heterocycles. The minimum Gasteiger partial charge on any atom is -0.497 e. The lowest BCUT2D eigenvalue weighted by atomic mass is 10.1. The van der Waals surface area contributed by atoms with Crippen LogP contribution in [0.1, 0.15) is 30.5 Å². The van der Waals surface area contributed by atoms with Gasteiger partial charge in [-0.1, -0.05) is 12.1 Å².